The van der Waals surface area contributed by atoms with Crippen LogP contribution in [0.2, 0.25) is 0 Å². The van der Waals surface area contributed by atoms with Crippen LogP contribution in [-0.4, -0.2) is 16.7 Å². The van der Waals surface area contributed by atoms with Crippen molar-refractivity contribution in [3.8, 4) is 0 Å². The second-order valence-electron chi connectivity index (χ2n) is 7.79. The molecule has 3 N–H and O–H groups in total. The van der Waals surface area contributed by atoms with Crippen LogP contribution < -0.4 is 11.1 Å². The van der Waals surface area contributed by atoms with Crippen molar-refractivity contribution in [1.29, 1.82) is 0 Å². The van der Waals surface area contributed by atoms with Crippen LogP contribution in [0.3, 0.4) is 0 Å². The Morgan fingerprint density at radius 3 is 2.48 bits per heavy atom. The molecular weight excluding hydrogens is 312 g/mol. The Labute approximate surface area is 140 Å². The number of benzene rings is 1. The normalized spacial score (nSPS) is 37.6. The predicted molar refractivity (Wildman–Crippen MR) is 89.3 cm³/mol. The van der Waals surface area contributed by atoms with Gasteiger partial charge in [0.25, 0.3) is 0 Å². The van der Waals surface area contributed by atoms with Crippen molar-refractivity contribution in [2.45, 2.75) is 43.4 Å². The molecule has 2 atom stereocenters. The van der Waals surface area contributed by atoms with Crippen LogP contribution in [0.1, 0.15) is 48.9 Å². The predicted octanol–water partition coefficient (Wildman–Crippen LogP) is 3.30. The number of nitrogens with one attached hydrogen (secondary N) is 1. The summed E-state index contributed by atoms with van der Waals surface area (Å²) in [4.78, 5) is 24.1. The Balaban J connectivity index is 1.58. The fraction of sp³-hybridized carbons (Fsp3) is 0.556. The van der Waals surface area contributed by atoms with Gasteiger partial charge in [0.2, 0.25) is 11.8 Å². The fourth-order valence-corrected chi connectivity index (χ4v) is 6.12. The van der Waals surface area contributed by atoms with Gasteiger partial charge in [-0.2, -0.15) is 0 Å². The van der Waals surface area contributed by atoms with E-state index in [-0.39, 0.29) is 16.2 Å². The van der Waals surface area contributed by atoms with Crippen molar-refractivity contribution in [2.24, 2.45) is 23.0 Å². The van der Waals surface area contributed by atoms with Crippen LogP contribution in [0.5, 0.6) is 0 Å². The van der Waals surface area contributed by atoms with E-state index in [1.165, 1.54) is 6.42 Å². The number of halogens is 1. The van der Waals surface area contributed by atoms with Gasteiger partial charge in [-0.1, -0.05) is 6.07 Å². The van der Waals surface area contributed by atoms with Crippen molar-refractivity contribution < 1.29 is 9.59 Å². The minimum absolute atomic E-state index is 0.0539. The average Bonchev–Trinajstić information content (AvgIpc) is 2.44. The number of carbonyl (C=O) groups excluding carboxylic acids is 2. The molecule has 0 saturated heterocycles. The number of anilines is 1. The third-order valence-corrected chi connectivity index (χ3v) is 6.32. The van der Waals surface area contributed by atoms with Gasteiger partial charge in [0.05, 0.1) is 5.41 Å². The minimum Gasteiger partial charge on any atom is -0.366 e. The summed E-state index contributed by atoms with van der Waals surface area (Å²) in [7, 11) is 0. The van der Waals surface area contributed by atoms with Crippen LogP contribution in [-0.2, 0) is 4.79 Å². The number of hydrogen-bond donors (Lipinski definition) is 2. The van der Waals surface area contributed by atoms with Crippen LogP contribution in [0, 0.1) is 17.3 Å². The van der Waals surface area contributed by atoms with E-state index in [0.29, 0.717) is 23.1 Å². The topological polar surface area (TPSA) is 72.2 Å². The monoisotopic (exact) mass is 332 g/mol. The average molecular weight is 333 g/mol. The number of primary amides is 1. The first-order valence-electron chi connectivity index (χ1n) is 8.28. The van der Waals surface area contributed by atoms with E-state index in [2.05, 4.69) is 5.32 Å². The Morgan fingerprint density at radius 2 is 1.87 bits per heavy atom. The lowest BCUT2D eigenvalue weighted by atomic mass is 9.49. The summed E-state index contributed by atoms with van der Waals surface area (Å²) >= 11 is 6.79. The van der Waals surface area contributed by atoms with Gasteiger partial charge in [-0.25, -0.2) is 0 Å². The van der Waals surface area contributed by atoms with Crippen LogP contribution in [0.4, 0.5) is 5.69 Å². The molecule has 0 heterocycles. The molecule has 4 fully saturated rings. The molecule has 2 unspecified atom stereocenters. The van der Waals surface area contributed by atoms with E-state index >= 15 is 0 Å². The highest BCUT2D eigenvalue weighted by atomic mass is 35.5. The highest BCUT2D eigenvalue weighted by Crippen LogP contribution is 2.64. The van der Waals surface area contributed by atoms with Crippen LogP contribution in [0.25, 0.3) is 0 Å². The molecule has 4 bridgehead atoms. The number of nitrogens with two attached hydrogens (primary N) is 1. The largest absolute Gasteiger partial charge is 0.366 e. The first kappa shape index (κ1) is 15.0. The van der Waals surface area contributed by atoms with E-state index in [0.717, 1.165) is 32.1 Å². The van der Waals surface area contributed by atoms with E-state index in [4.69, 9.17) is 17.3 Å². The quantitative estimate of drug-likeness (QED) is 0.833. The summed E-state index contributed by atoms with van der Waals surface area (Å²) < 4.78 is 0. The van der Waals surface area contributed by atoms with Crippen molar-refractivity contribution in [2.75, 3.05) is 5.32 Å². The molecule has 2 amide bonds. The summed E-state index contributed by atoms with van der Waals surface area (Å²) in [6, 6.07) is 6.81. The fourth-order valence-electron chi connectivity index (χ4n) is 5.43. The number of hydrogen-bond acceptors (Lipinski definition) is 2. The molecular formula is C18H21ClN2O2. The molecule has 5 heteroatoms. The van der Waals surface area contributed by atoms with Gasteiger partial charge in [-0.05, 0) is 68.6 Å². The van der Waals surface area contributed by atoms with Crippen LogP contribution >= 0.6 is 11.6 Å². The van der Waals surface area contributed by atoms with Gasteiger partial charge < -0.3 is 11.1 Å². The maximum absolute atomic E-state index is 13.0. The lowest BCUT2D eigenvalue weighted by Gasteiger charge is -2.59. The molecule has 0 spiro atoms. The minimum atomic E-state index is -0.490. The molecule has 4 saturated carbocycles. The Hall–Kier alpha value is -1.55. The molecule has 4 aliphatic carbocycles. The molecule has 1 aromatic rings. The van der Waals surface area contributed by atoms with Crippen LogP contribution in [0.15, 0.2) is 24.3 Å². The van der Waals surface area contributed by atoms with Crippen molar-refractivity contribution in [3.05, 3.63) is 29.8 Å². The Morgan fingerprint density at radius 1 is 1.17 bits per heavy atom. The second-order valence-corrected chi connectivity index (χ2v) is 8.59. The molecule has 4 nitrogen and oxygen atoms in total. The Kier molecular flexibility index (Phi) is 3.24. The molecule has 1 aromatic carbocycles. The van der Waals surface area contributed by atoms with Gasteiger partial charge in [0, 0.05) is 16.1 Å². The standard InChI is InChI=1S/C18H21ClN2O2/c19-18-8-11-4-12(9-18)7-17(6-11,10-18)16(23)21-14-3-1-2-13(5-14)15(20)22/h1-3,5,11-12H,4,6-10H2,(H2,20,22)(H,21,23). The summed E-state index contributed by atoms with van der Waals surface area (Å²) in [5, 5.41) is 3.01. The van der Waals surface area contributed by atoms with Gasteiger partial charge >= 0.3 is 0 Å². The maximum Gasteiger partial charge on any atom is 0.248 e. The summed E-state index contributed by atoms with van der Waals surface area (Å²) in [6.45, 7) is 0. The van der Waals surface area contributed by atoms with Gasteiger partial charge in [-0.3, -0.25) is 9.59 Å². The van der Waals surface area contributed by atoms with Crippen molar-refractivity contribution in [3.63, 3.8) is 0 Å². The first-order chi connectivity index (χ1) is 10.9. The van der Waals surface area contributed by atoms with Gasteiger partial charge in [-0.15, -0.1) is 11.6 Å². The van der Waals surface area contributed by atoms with E-state index in [1.54, 1.807) is 24.3 Å². The molecule has 4 aliphatic rings. The number of alkyl halides is 1. The molecule has 0 radical (unpaired) electrons. The van der Waals surface area contributed by atoms with Crippen molar-refractivity contribution >= 4 is 29.1 Å². The molecule has 0 aromatic heterocycles. The lowest BCUT2D eigenvalue weighted by molar-refractivity contribution is -0.138. The first-order valence-corrected chi connectivity index (χ1v) is 8.66. The SMILES string of the molecule is NC(=O)c1cccc(NC(=O)C23CC4CC(CC(Cl)(C4)C2)C3)c1. The Bertz CT molecular complexity index is 673. The molecule has 122 valence electrons. The number of rotatable bonds is 3. The summed E-state index contributed by atoms with van der Waals surface area (Å²) in [5.74, 6) is 0.724. The second kappa shape index (κ2) is 4.97. The number of carbonyl (C=O) groups is 2. The number of amides is 2. The van der Waals surface area contributed by atoms with E-state index in [1.807, 2.05) is 0 Å². The zero-order valence-electron chi connectivity index (χ0n) is 13.0. The maximum atomic E-state index is 13.0. The smallest absolute Gasteiger partial charge is 0.248 e. The highest BCUT2D eigenvalue weighted by Gasteiger charge is 2.60. The third kappa shape index (κ3) is 2.53. The van der Waals surface area contributed by atoms with Gasteiger partial charge in [0.1, 0.15) is 0 Å². The zero-order valence-corrected chi connectivity index (χ0v) is 13.7. The lowest BCUT2D eigenvalue weighted by Crippen LogP contribution is -2.57. The van der Waals surface area contributed by atoms with E-state index in [9.17, 15) is 9.59 Å². The summed E-state index contributed by atoms with van der Waals surface area (Å²) in [6.07, 6.45) is 5.99. The molecule has 23 heavy (non-hydrogen) atoms. The highest BCUT2D eigenvalue weighted by molar-refractivity contribution is 6.24. The summed E-state index contributed by atoms with van der Waals surface area (Å²) in [5.41, 5.74) is 6.00. The zero-order chi connectivity index (χ0) is 16.2. The van der Waals surface area contributed by atoms with Crippen molar-refractivity contribution in [1.82, 2.24) is 0 Å². The third-order valence-electron chi connectivity index (χ3n) is 5.88. The van der Waals surface area contributed by atoms with Gasteiger partial charge in [0.15, 0.2) is 0 Å². The van der Waals surface area contributed by atoms with E-state index < -0.39 is 5.91 Å². The molecule has 5 rings (SSSR count). The molecule has 0 aliphatic heterocycles.